The molecule has 0 fully saturated rings. The first kappa shape index (κ1) is 21.6. The van der Waals surface area contributed by atoms with Crippen molar-refractivity contribution in [2.45, 2.75) is 13.2 Å². The van der Waals surface area contributed by atoms with Gasteiger partial charge in [0.25, 0.3) is 0 Å². The fraction of sp³-hybridized carbons (Fsp3) is 0.227. The number of ether oxygens (including phenoxy) is 2. The summed E-state index contributed by atoms with van der Waals surface area (Å²) in [5.74, 6) is 0. The summed E-state index contributed by atoms with van der Waals surface area (Å²) < 4.78 is 11.0. The Labute approximate surface area is 184 Å². The molecule has 1 N–H and O–H groups in total. The van der Waals surface area contributed by atoms with Crippen molar-refractivity contribution in [3.05, 3.63) is 74.6 Å². The quantitative estimate of drug-likeness (QED) is 0.415. The molecular weight excluding hydrogens is 427 g/mol. The van der Waals surface area contributed by atoms with E-state index in [4.69, 9.17) is 32.7 Å². The van der Waals surface area contributed by atoms with Gasteiger partial charge in [0.1, 0.15) is 18.2 Å². The Hall–Kier alpha value is -2.07. The predicted molar refractivity (Wildman–Crippen MR) is 119 cm³/mol. The zero-order valence-electron chi connectivity index (χ0n) is 15.9. The van der Waals surface area contributed by atoms with Crippen LogP contribution in [0.5, 0.6) is 5.06 Å². The van der Waals surface area contributed by atoms with Gasteiger partial charge in [0.2, 0.25) is 0 Å². The van der Waals surface area contributed by atoms with Gasteiger partial charge in [-0.2, -0.15) is 5.26 Å². The number of halogens is 2. The second kappa shape index (κ2) is 10.6. The van der Waals surface area contributed by atoms with Gasteiger partial charge in [-0.25, -0.2) is 0 Å². The highest BCUT2D eigenvalue weighted by atomic mass is 35.5. The van der Waals surface area contributed by atoms with Crippen molar-refractivity contribution in [2.75, 3.05) is 20.3 Å². The number of nitrogens with one attached hydrogen (secondary N) is 1. The molecule has 150 valence electrons. The summed E-state index contributed by atoms with van der Waals surface area (Å²) >= 11 is 13.5. The van der Waals surface area contributed by atoms with Crippen LogP contribution in [0.15, 0.2) is 47.8 Å². The van der Waals surface area contributed by atoms with E-state index in [9.17, 15) is 5.26 Å². The lowest BCUT2D eigenvalue weighted by molar-refractivity contribution is 0.199. The summed E-state index contributed by atoms with van der Waals surface area (Å²) in [5, 5.41) is 16.4. The molecule has 0 saturated carbocycles. The van der Waals surface area contributed by atoms with Crippen LogP contribution in [0.25, 0.3) is 11.1 Å². The van der Waals surface area contributed by atoms with E-state index in [0.717, 1.165) is 29.8 Å². The lowest BCUT2D eigenvalue weighted by atomic mass is 10.1. The average molecular weight is 447 g/mol. The fourth-order valence-electron chi connectivity index (χ4n) is 2.81. The highest BCUT2D eigenvalue weighted by Gasteiger charge is 2.15. The number of nitriles is 1. The average Bonchev–Trinajstić information content (AvgIpc) is 3.15. The number of benzene rings is 2. The van der Waals surface area contributed by atoms with Crippen LogP contribution in [-0.4, -0.2) is 20.3 Å². The Morgan fingerprint density at radius 1 is 1.10 bits per heavy atom. The van der Waals surface area contributed by atoms with E-state index in [-0.39, 0.29) is 0 Å². The number of hydrogen-bond acceptors (Lipinski definition) is 5. The molecule has 0 aliphatic heterocycles. The Bertz CT molecular complexity index is 1010. The second-order valence-electron chi connectivity index (χ2n) is 6.33. The smallest absolute Gasteiger partial charge is 0.192 e. The first-order valence-corrected chi connectivity index (χ1v) is 10.6. The summed E-state index contributed by atoms with van der Waals surface area (Å²) in [7, 11) is 1.69. The maximum atomic E-state index is 9.65. The van der Waals surface area contributed by atoms with Crippen molar-refractivity contribution in [3.63, 3.8) is 0 Å². The zero-order valence-corrected chi connectivity index (χ0v) is 18.2. The van der Waals surface area contributed by atoms with Crippen molar-refractivity contribution in [1.29, 1.82) is 5.26 Å². The minimum Gasteiger partial charge on any atom is -0.478 e. The van der Waals surface area contributed by atoms with Crippen molar-refractivity contribution >= 4 is 34.5 Å². The van der Waals surface area contributed by atoms with Crippen molar-refractivity contribution in [3.8, 4) is 22.3 Å². The Morgan fingerprint density at radius 2 is 1.93 bits per heavy atom. The van der Waals surface area contributed by atoms with E-state index < -0.39 is 0 Å². The first-order chi connectivity index (χ1) is 14.1. The maximum absolute atomic E-state index is 9.65. The molecule has 0 saturated heterocycles. The van der Waals surface area contributed by atoms with Gasteiger partial charge in [-0.1, -0.05) is 53.5 Å². The largest absolute Gasteiger partial charge is 0.478 e. The third-order valence-corrected chi connectivity index (χ3v) is 5.90. The maximum Gasteiger partial charge on any atom is 0.192 e. The number of thiophene rings is 1. The van der Waals surface area contributed by atoms with Crippen LogP contribution in [0, 0.1) is 11.3 Å². The Kier molecular flexibility index (Phi) is 7.93. The molecule has 0 radical (unpaired) electrons. The summed E-state index contributed by atoms with van der Waals surface area (Å²) in [6, 6.07) is 15.8. The normalized spacial score (nSPS) is 10.7. The second-order valence-corrected chi connectivity index (χ2v) is 7.99. The highest BCUT2D eigenvalue weighted by molar-refractivity contribution is 7.12. The number of nitrogens with zero attached hydrogens (tertiary/aromatic N) is 1. The molecule has 0 atom stereocenters. The third-order valence-electron chi connectivity index (χ3n) is 4.27. The van der Waals surface area contributed by atoms with Crippen LogP contribution in [0.1, 0.15) is 16.7 Å². The minimum atomic E-state index is 0.391. The zero-order chi connectivity index (χ0) is 20.6. The third kappa shape index (κ3) is 5.72. The summed E-state index contributed by atoms with van der Waals surface area (Å²) in [4.78, 5) is 0. The molecule has 4 nitrogen and oxygen atoms in total. The van der Waals surface area contributed by atoms with E-state index in [0.29, 0.717) is 33.9 Å². The first-order valence-electron chi connectivity index (χ1n) is 8.99. The van der Waals surface area contributed by atoms with Crippen LogP contribution < -0.4 is 10.1 Å². The molecule has 0 bridgehead atoms. The molecule has 0 aliphatic rings. The predicted octanol–water partition coefficient (Wildman–Crippen LogP) is 5.91. The van der Waals surface area contributed by atoms with Crippen LogP contribution in [0.2, 0.25) is 10.0 Å². The summed E-state index contributed by atoms with van der Waals surface area (Å²) in [5.41, 5.74) is 4.36. The number of rotatable bonds is 9. The molecule has 7 heteroatoms. The van der Waals surface area contributed by atoms with Gasteiger partial charge >= 0.3 is 0 Å². The van der Waals surface area contributed by atoms with Crippen LogP contribution >= 0.6 is 34.5 Å². The number of methoxy groups -OCH3 is 1. The minimum absolute atomic E-state index is 0.391. The Balaban J connectivity index is 1.69. The molecule has 2 aromatic carbocycles. The van der Waals surface area contributed by atoms with E-state index in [2.05, 4.69) is 23.5 Å². The lowest BCUT2D eigenvalue weighted by Gasteiger charge is -2.08. The molecule has 3 rings (SSSR count). The van der Waals surface area contributed by atoms with Crippen LogP contribution in [0.3, 0.4) is 0 Å². The molecule has 0 aliphatic carbocycles. The van der Waals surface area contributed by atoms with Gasteiger partial charge in [-0.15, -0.1) is 11.3 Å². The molecule has 1 heterocycles. The van der Waals surface area contributed by atoms with E-state index in [1.54, 1.807) is 19.2 Å². The van der Waals surface area contributed by atoms with Crippen molar-refractivity contribution in [1.82, 2.24) is 5.32 Å². The standard InChI is InChI=1S/C22H20Cl2N2O2S/c1-27-8-7-26-12-15-3-2-4-16(9-15)13-28-22-18(11-25)19(14-29-22)17-5-6-20(23)21(24)10-17/h2-6,9-10,14,26H,7-8,12-13H2,1H3. The highest BCUT2D eigenvalue weighted by Crippen LogP contribution is 2.38. The molecule has 1 aromatic heterocycles. The van der Waals surface area contributed by atoms with E-state index in [1.165, 1.54) is 16.9 Å². The van der Waals surface area contributed by atoms with Crippen LogP contribution in [-0.2, 0) is 17.9 Å². The van der Waals surface area contributed by atoms with Gasteiger partial charge in [-0.05, 0) is 28.8 Å². The molecule has 0 spiro atoms. The molecule has 0 unspecified atom stereocenters. The SMILES string of the molecule is COCCNCc1cccc(COc2scc(-c3ccc(Cl)c(Cl)c3)c2C#N)c1. The van der Waals surface area contributed by atoms with Gasteiger partial charge in [0.15, 0.2) is 5.06 Å². The molecular formula is C22H20Cl2N2O2S. The van der Waals surface area contributed by atoms with Crippen molar-refractivity contribution in [2.24, 2.45) is 0 Å². The van der Waals surface area contributed by atoms with Gasteiger partial charge in [0, 0.05) is 31.1 Å². The lowest BCUT2D eigenvalue weighted by Crippen LogP contribution is -2.18. The van der Waals surface area contributed by atoms with Gasteiger partial charge in [0.05, 0.1) is 16.7 Å². The van der Waals surface area contributed by atoms with E-state index >= 15 is 0 Å². The Morgan fingerprint density at radius 3 is 2.69 bits per heavy atom. The monoisotopic (exact) mass is 446 g/mol. The van der Waals surface area contributed by atoms with Crippen LogP contribution in [0.4, 0.5) is 0 Å². The van der Waals surface area contributed by atoms with Gasteiger partial charge < -0.3 is 14.8 Å². The molecule has 0 amide bonds. The molecule has 3 aromatic rings. The summed E-state index contributed by atoms with van der Waals surface area (Å²) in [6.07, 6.45) is 0. The van der Waals surface area contributed by atoms with Gasteiger partial charge in [-0.3, -0.25) is 0 Å². The number of hydrogen-bond donors (Lipinski definition) is 1. The summed E-state index contributed by atoms with van der Waals surface area (Å²) in [6.45, 7) is 2.64. The fourth-order valence-corrected chi connectivity index (χ4v) is 3.99. The topological polar surface area (TPSA) is 54.3 Å². The molecule has 29 heavy (non-hydrogen) atoms. The van der Waals surface area contributed by atoms with E-state index in [1.807, 2.05) is 23.6 Å². The van der Waals surface area contributed by atoms with Crippen molar-refractivity contribution < 1.29 is 9.47 Å².